The SMILES string of the molecule is CCCCc1nnc(SCC(=O)Nc2cccc3ccccc23)n1C. The smallest absolute Gasteiger partial charge is 0.234 e. The average molecular weight is 354 g/mol. The van der Waals surface area contributed by atoms with Gasteiger partial charge in [-0.15, -0.1) is 10.2 Å². The van der Waals surface area contributed by atoms with Crippen molar-refractivity contribution in [2.45, 2.75) is 31.3 Å². The Morgan fingerprint density at radius 1 is 1.16 bits per heavy atom. The number of anilines is 1. The number of aryl methyl sites for hydroxylation is 1. The minimum Gasteiger partial charge on any atom is -0.325 e. The van der Waals surface area contributed by atoms with Gasteiger partial charge < -0.3 is 9.88 Å². The van der Waals surface area contributed by atoms with Gasteiger partial charge in [0.05, 0.1) is 5.75 Å². The molecule has 1 N–H and O–H groups in total. The Hall–Kier alpha value is -2.34. The van der Waals surface area contributed by atoms with Gasteiger partial charge >= 0.3 is 0 Å². The number of rotatable bonds is 7. The number of amides is 1. The molecule has 0 saturated carbocycles. The molecule has 3 aromatic rings. The first-order chi connectivity index (χ1) is 12.2. The highest BCUT2D eigenvalue weighted by atomic mass is 32.2. The van der Waals surface area contributed by atoms with Gasteiger partial charge in [0.25, 0.3) is 0 Å². The van der Waals surface area contributed by atoms with Crippen molar-refractivity contribution in [2.24, 2.45) is 7.05 Å². The number of nitrogens with zero attached hydrogens (tertiary/aromatic N) is 3. The molecule has 0 aliphatic carbocycles. The van der Waals surface area contributed by atoms with Crippen LogP contribution in [0, 0.1) is 0 Å². The monoisotopic (exact) mass is 354 g/mol. The molecule has 2 aromatic carbocycles. The van der Waals surface area contributed by atoms with Crippen LogP contribution in [0.25, 0.3) is 10.8 Å². The number of unbranched alkanes of at least 4 members (excludes halogenated alkanes) is 1. The maximum Gasteiger partial charge on any atom is 0.234 e. The van der Waals surface area contributed by atoms with Crippen molar-refractivity contribution >= 4 is 34.1 Å². The largest absolute Gasteiger partial charge is 0.325 e. The van der Waals surface area contributed by atoms with Gasteiger partial charge in [0.1, 0.15) is 5.82 Å². The van der Waals surface area contributed by atoms with E-state index in [1.54, 1.807) is 0 Å². The predicted molar refractivity (Wildman–Crippen MR) is 103 cm³/mol. The van der Waals surface area contributed by atoms with Crippen LogP contribution in [0.3, 0.4) is 0 Å². The number of carbonyl (C=O) groups is 1. The van der Waals surface area contributed by atoms with Crippen molar-refractivity contribution in [3.05, 3.63) is 48.3 Å². The fourth-order valence-corrected chi connectivity index (χ4v) is 3.40. The number of fused-ring (bicyclic) bond motifs is 1. The van der Waals surface area contributed by atoms with Crippen molar-refractivity contribution < 1.29 is 4.79 Å². The van der Waals surface area contributed by atoms with E-state index in [4.69, 9.17) is 0 Å². The molecule has 0 aliphatic rings. The third kappa shape index (κ3) is 4.20. The molecule has 0 radical (unpaired) electrons. The van der Waals surface area contributed by atoms with Crippen LogP contribution in [0.5, 0.6) is 0 Å². The van der Waals surface area contributed by atoms with Gasteiger partial charge in [-0.3, -0.25) is 4.79 Å². The topological polar surface area (TPSA) is 59.8 Å². The summed E-state index contributed by atoms with van der Waals surface area (Å²) < 4.78 is 1.98. The molecule has 1 heterocycles. The lowest BCUT2D eigenvalue weighted by atomic mass is 10.1. The molecule has 1 aromatic heterocycles. The van der Waals surface area contributed by atoms with E-state index < -0.39 is 0 Å². The second kappa shape index (κ2) is 8.16. The molecule has 0 unspecified atom stereocenters. The summed E-state index contributed by atoms with van der Waals surface area (Å²) in [7, 11) is 1.95. The van der Waals surface area contributed by atoms with Gasteiger partial charge in [0.2, 0.25) is 5.91 Å². The summed E-state index contributed by atoms with van der Waals surface area (Å²) >= 11 is 1.41. The number of hydrogen-bond donors (Lipinski definition) is 1. The molecule has 0 atom stereocenters. The molecule has 0 spiro atoms. The number of thioether (sulfide) groups is 1. The fourth-order valence-electron chi connectivity index (χ4n) is 2.67. The lowest BCUT2D eigenvalue weighted by Gasteiger charge is -2.08. The van der Waals surface area contributed by atoms with E-state index in [1.165, 1.54) is 11.8 Å². The molecule has 25 heavy (non-hydrogen) atoms. The summed E-state index contributed by atoms with van der Waals surface area (Å²) in [4.78, 5) is 12.3. The number of aromatic nitrogens is 3. The van der Waals surface area contributed by atoms with Gasteiger partial charge in [0.15, 0.2) is 5.16 Å². The van der Waals surface area contributed by atoms with E-state index in [2.05, 4.69) is 22.4 Å². The molecule has 6 heteroatoms. The molecule has 3 rings (SSSR count). The van der Waals surface area contributed by atoms with Crippen LogP contribution in [0.1, 0.15) is 25.6 Å². The number of benzene rings is 2. The minimum absolute atomic E-state index is 0.0422. The maximum absolute atomic E-state index is 12.3. The van der Waals surface area contributed by atoms with Gasteiger partial charge in [-0.05, 0) is 17.9 Å². The van der Waals surface area contributed by atoms with Crippen LogP contribution in [-0.2, 0) is 18.3 Å². The van der Waals surface area contributed by atoms with Crippen LogP contribution in [0.4, 0.5) is 5.69 Å². The fraction of sp³-hybridized carbons (Fsp3) is 0.316. The Labute approximate surface area is 151 Å². The minimum atomic E-state index is -0.0422. The quantitative estimate of drug-likeness (QED) is 0.651. The van der Waals surface area contributed by atoms with Crippen molar-refractivity contribution in [1.29, 1.82) is 0 Å². The van der Waals surface area contributed by atoms with E-state index >= 15 is 0 Å². The van der Waals surface area contributed by atoms with Crippen LogP contribution in [0.15, 0.2) is 47.6 Å². The average Bonchev–Trinajstić information content (AvgIpc) is 2.98. The van der Waals surface area contributed by atoms with Crippen molar-refractivity contribution in [1.82, 2.24) is 14.8 Å². The Bertz CT molecular complexity index is 869. The zero-order valence-corrected chi connectivity index (χ0v) is 15.3. The Kier molecular flexibility index (Phi) is 5.71. The van der Waals surface area contributed by atoms with Gasteiger partial charge in [-0.25, -0.2) is 0 Å². The van der Waals surface area contributed by atoms with Crippen molar-refractivity contribution in [2.75, 3.05) is 11.1 Å². The van der Waals surface area contributed by atoms with E-state index in [0.717, 1.165) is 46.7 Å². The first kappa shape index (κ1) is 17.5. The number of nitrogens with one attached hydrogen (secondary N) is 1. The Balaban J connectivity index is 1.62. The number of carbonyl (C=O) groups excluding carboxylic acids is 1. The lowest BCUT2D eigenvalue weighted by molar-refractivity contribution is -0.113. The second-order valence-corrected chi connectivity index (χ2v) is 6.87. The third-order valence-electron chi connectivity index (χ3n) is 4.08. The first-order valence-corrected chi connectivity index (χ1v) is 9.46. The summed E-state index contributed by atoms with van der Waals surface area (Å²) in [6, 6.07) is 13.9. The highest BCUT2D eigenvalue weighted by Crippen LogP contribution is 2.23. The molecule has 5 nitrogen and oxygen atoms in total. The maximum atomic E-state index is 12.3. The van der Waals surface area contributed by atoms with E-state index in [1.807, 2.05) is 54.1 Å². The van der Waals surface area contributed by atoms with Gasteiger partial charge in [-0.2, -0.15) is 0 Å². The second-order valence-electron chi connectivity index (χ2n) is 5.92. The third-order valence-corrected chi connectivity index (χ3v) is 5.10. The van der Waals surface area contributed by atoms with Gasteiger partial charge in [-0.1, -0.05) is 61.5 Å². The Morgan fingerprint density at radius 2 is 1.96 bits per heavy atom. The van der Waals surface area contributed by atoms with Crippen molar-refractivity contribution in [3.8, 4) is 0 Å². The summed E-state index contributed by atoms with van der Waals surface area (Å²) in [5, 5.41) is 14.3. The molecule has 0 aliphatic heterocycles. The van der Waals surface area contributed by atoms with Crippen LogP contribution in [-0.4, -0.2) is 26.4 Å². The number of hydrogen-bond acceptors (Lipinski definition) is 4. The van der Waals surface area contributed by atoms with Gasteiger partial charge in [0, 0.05) is 24.5 Å². The molecule has 0 saturated heterocycles. The zero-order valence-electron chi connectivity index (χ0n) is 14.5. The van der Waals surface area contributed by atoms with E-state index in [-0.39, 0.29) is 5.91 Å². The van der Waals surface area contributed by atoms with E-state index in [0.29, 0.717) is 5.75 Å². The zero-order chi connectivity index (χ0) is 17.6. The molecule has 130 valence electrons. The summed E-state index contributed by atoms with van der Waals surface area (Å²) in [6.45, 7) is 2.16. The normalized spacial score (nSPS) is 11.0. The highest BCUT2D eigenvalue weighted by Gasteiger charge is 2.12. The molecule has 1 amide bonds. The molecule has 0 fully saturated rings. The Morgan fingerprint density at radius 3 is 2.80 bits per heavy atom. The molecular formula is C19H22N4OS. The first-order valence-electron chi connectivity index (χ1n) is 8.47. The molecular weight excluding hydrogens is 332 g/mol. The predicted octanol–water partition coefficient (Wildman–Crippen LogP) is 4.04. The highest BCUT2D eigenvalue weighted by molar-refractivity contribution is 7.99. The summed E-state index contributed by atoms with van der Waals surface area (Å²) in [5.74, 6) is 1.24. The summed E-state index contributed by atoms with van der Waals surface area (Å²) in [6.07, 6.45) is 3.14. The summed E-state index contributed by atoms with van der Waals surface area (Å²) in [5.41, 5.74) is 0.838. The molecule has 0 bridgehead atoms. The van der Waals surface area contributed by atoms with Crippen molar-refractivity contribution in [3.63, 3.8) is 0 Å². The van der Waals surface area contributed by atoms with Crippen LogP contribution < -0.4 is 5.32 Å². The van der Waals surface area contributed by atoms with Crippen LogP contribution >= 0.6 is 11.8 Å². The van der Waals surface area contributed by atoms with Crippen LogP contribution in [0.2, 0.25) is 0 Å². The van der Waals surface area contributed by atoms with E-state index in [9.17, 15) is 4.79 Å². The lowest BCUT2D eigenvalue weighted by Crippen LogP contribution is -2.14. The standard InChI is InChI=1S/C19H22N4OS/c1-3-4-12-17-21-22-19(23(17)2)25-13-18(24)20-16-11-7-9-14-8-5-6-10-15(14)16/h5-11H,3-4,12-13H2,1-2H3,(H,20,24).